The molecule has 2 unspecified atom stereocenters. The molecular formula is C20H21ClFN3O3. The first-order chi connectivity index (χ1) is 13.4. The molecule has 0 radical (unpaired) electrons. The first kappa shape index (κ1) is 19.1. The van der Waals surface area contributed by atoms with Gasteiger partial charge in [0.25, 0.3) is 5.91 Å². The van der Waals surface area contributed by atoms with E-state index in [1.165, 1.54) is 22.9 Å². The molecule has 1 aliphatic heterocycles. The highest BCUT2D eigenvalue weighted by atomic mass is 35.5. The highest BCUT2D eigenvalue weighted by molar-refractivity contribution is 6.30. The molecule has 2 aromatic rings. The summed E-state index contributed by atoms with van der Waals surface area (Å²) in [5.74, 6) is -0.207. The summed E-state index contributed by atoms with van der Waals surface area (Å²) in [4.78, 5) is 25.1. The number of hydrogen-bond donors (Lipinski definition) is 1. The summed E-state index contributed by atoms with van der Waals surface area (Å²) < 4.78 is 20.6. The van der Waals surface area contributed by atoms with Gasteiger partial charge < -0.3 is 10.1 Å². The number of nitrogens with zero attached hydrogens (tertiary/aromatic N) is 2. The van der Waals surface area contributed by atoms with Gasteiger partial charge in [-0.05, 0) is 30.7 Å². The SMILES string of the molecule is CCC(=O)c1cc(C(=O)NC2[C@H]3COC[C@@H]23)n(C(C)c2cc(F)cc(Cl)c2)n1. The lowest BCUT2D eigenvalue weighted by atomic mass is 10.1. The minimum Gasteiger partial charge on any atom is -0.381 e. The molecular weight excluding hydrogens is 385 g/mol. The molecule has 0 bridgehead atoms. The number of benzene rings is 1. The zero-order valence-corrected chi connectivity index (χ0v) is 16.4. The van der Waals surface area contributed by atoms with Gasteiger partial charge in [0.2, 0.25) is 0 Å². The maximum Gasteiger partial charge on any atom is 0.269 e. The topological polar surface area (TPSA) is 73.2 Å². The normalized spacial score (nSPS) is 23.9. The average molecular weight is 406 g/mol. The lowest BCUT2D eigenvalue weighted by Gasteiger charge is -2.17. The number of rotatable bonds is 6. The zero-order chi connectivity index (χ0) is 20.0. The average Bonchev–Trinajstić information content (AvgIpc) is 3.07. The Balaban J connectivity index is 1.65. The highest BCUT2D eigenvalue weighted by Gasteiger charge is 2.55. The summed E-state index contributed by atoms with van der Waals surface area (Å²) in [6.45, 7) is 4.84. The van der Waals surface area contributed by atoms with E-state index in [0.29, 0.717) is 30.6 Å². The van der Waals surface area contributed by atoms with Gasteiger partial charge in [-0.3, -0.25) is 14.3 Å². The summed E-state index contributed by atoms with van der Waals surface area (Å²) in [5.41, 5.74) is 1.06. The van der Waals surface area contributed by atoms with Crippen LogP contribution in [-0.4, -0.2) is 40.7 Å². The first-order valence-corrected chi connectivity index (χ1v) is 9.74. The van der Waals surface area contributed by atoms with Gasteiger partial charge in [-0.1, -0.05) is 18.5 Å². The van der Waals surface area contributed by atoms with Crippen molar-refractivity contribution in [2.75, 3.05) is 13.2 Å². The van der Waals surface area contributed by atoms with Crippen LogP contribution in [0.25, 0.3) is 0 Å². The molecule has 28 heavy (non-hydrogen) atoms. The van der Waals surface area contributed by atoms with Crippen molar-refractivity contribution in [2.45, 2.75) is 32.4 Å². The zero-order valence-electron chi connectivity index (χ0n) is 15.6. The number of carbonyl (C=O) groups is 2. The van der Waals surface area contributed by atoms with Crippen molar-refractivity contribution in [3.05, 3.63) is 52.1 Å². The number of hydrogen-bond acceptors (Lipinski definition) is 4. The minimum absolute atomic E-state index is 0.0915. The molecule has 0 spiro atoms. The second kappa shape index (κ2) is 7.29. The standard InChI is InChI=1S/C20H21ClFN3O3/c1-3-18(26)16-7-17(20(27)23-19-14-8-28-9-15(14)19)25(24-16)10(2)11-4-12(21)6-13(22)5-11/h4-7,10,14-15,19H,3,8-9H2,1-2H3,(H,23,27)/t10?,14-,15+,19?. The maximum atomic E-state index is 13.8. The molecule has 1 saturated carbocycles. The Labute approximate surface area is 167 Å². The fourth-order valence-electron chi connectivity index (χ4n) is 3.81. The Bertz CT molecular complexity index is 915. The molecule has 8 heteroatoms. The second-order valence-corrected chi connectivity index (χ2v) is 7.82. The van der Waals surface area contributed by atoms with E-state index < -0.39 is 11.9 Å². The molecule has 1 N–H and O–H groups in total. The van der Waals surface area contributed by atoms with Crippen molar-refractivity contribution >= 4 is 23.3 Å². The lowest BCUT2D eigenvalue weighted by molar-refractivity contribution is 0.0916. The predicted molar refractivity (Wildman–Crippen MR) is 101 cm³/mol. The van der Waals surface area contributed by atoms with Gasteiger partial charge in [-0.25, -0.2) is 4.39 Å². The van der Waals surface area contributed by atoms with Crippen LogP contribution in [0, 0.1) is 17.7 Å². The van der Waals surface area contributed by atoms with E-state index in [9.17, 15) is 14.0 Å². The Morgan fingerprint density at radius 3 is 2.68 bits per heavy atom. The van der Waals surface area contributed by atoms with Gasteiger partial charge in [-0.2, -0.15) is 5.10 Å². The van der Waals surface area contributed by atoms with Gasteiger partial charge in [-0.15, -0.1) is 0 Å². The number of aromatic nitrogens is 2. The third kappa shape index (κ3) is 3.44. The van der Waals surface area contributed by atoms with E-state index >= 15 is 0 Å². The Morgan fingerprint density at radius 2 is 2.04 bits per heavy atom. The van der Waals surface area contributed by atoms with Crippen LogP contribution in [0.5, 0.6) is 0 Å². The highest BCUT2D eigenvalue weighted by Crippen LogP contribution is 2.44. The van der Waals surface area contributed by atoms with Crippen molar-refractivity contribution in [1.82, 2.24) is 15.1 Å². The minimum atomic E-state index is -0.477. The van der Waals surface area contributed by atoms with Crippen LogP contribution in [-0.2, 0) is 4.74 Å². The monoisotopic (exact) mass is 405 g/mol. The number of amides is 1. The Morgan fingerprint density at radius 1 is 1.32 bits per heavy atom. The number of Topliss-reactive ketones (excluding diaryl/α,β-unsaturated/α-hetero) is 1. The van der Waals surface area contributed by atoms with E-state index in [0.717, 1.165) is 0 Å². The van der Waals surface area contributed by atoms with Crippen LogP contribution in [0.3, 0.4) is 0 Å². The molecule has 1 aromatic heterocycles. The summed E-state index contributed by atoms with van der Waals surface area (Å²) in [7, 11) is 0. The molecule has 4 atom stereocenters. The second-order valence-electron chi connectivity index (χ2n) is 7.38. The van der Waals surface area contributed by atoms with Crippen LogP contribution in [0.2, 0.25) is 5.02 Å². The Kier molecular flexibility index (Phi) is 4.97. The van der Waals surface area contributed by atoms with Gasteiger partial charge in [0, 0.05) is 35.4 Å². The van der Waals surface area contributed by atoms with Crippen LogP contribution in [0.4, 0.5) is 4.39 Å². The molecule has 2 aliphatic rings. The van der Waals surface area contributed by atoms with Crippen molar-refractivity contribution in [1.29, 1.82) is 0 Å². The fraction of sp³-hybridized carbons (Fsp3) is 0.450. The smallest absolute Gasteiger partial charge is 0.269 e. The third-order valence-corrected chi connectivity index (χ3v) is 5.78. The number of ketones is 1. The molecule has 2 fully saturated rings. The number of halogens is 2. The van der Waals surface area contributed by atoms with Crippen molar-refractivity contribution in [3.8, 4) is 0 Å². The fourth-order valence-corrected chi connectivity index (χ4v) is 4.04. The number of ether oxygens (including phenoxy) is 1. The molecule has 1 amide bonds. The first-order valence-electron chi connectivity index (χ1n) is 9.36. The van der Waals surface area contributed by atoms with Gasteiger partial charge in [0.15, 0.2) is 5.78 Å². The molecule has 1 saturated heterocycles. The van der Waals surface area contributed by atoms with Crippen LogP contribution < -0.4 is 5.32 Å². The van der Waals surface area contributed by atoms with Crippen LogP contribution >= 0.6 is 11.6 Å². The Hall–Kier alpha value is -2.25. The quantitative estimate of drug-likeness (QED) is 0.749. The molecule has 4 rings (SSSR count). The van der Waals surface area contributed by atoms with E-state index in [1.807, 2.05) is 0 Å². The summed E-state index contributed by atoms with van der Waals surface area (Å²) in [5, 5.41) is 7.63. The van der Waals surface area contributed by atoms with E-state index in [-0.39, 0.29) is 40.6 Å². The maximum absolute atomic E-state index is 13.8. The van der Waals surface area contributed by atoms with Crippen molar-refractivity contribution in [3.63, 3.8) is 0 Å². The van der Waals surface area contributed by atoms with Crippen molar-refractivity contribution in [2.24, 2.45) is 11.8 Å². The van der Waals surface area contributed by atoms with Gasteiger partial charge >= 0.3 is 0 Å². The number of carbonyl (C=O) groups excluding carboxylic acids is 2. The molecule has 148 valence electrons. The third-order valence-electron chi connectivity index (χ3n) is 5.56. The molecule has 2 heterocycles. The lowest BCUT2D eigenvalue weighted by Crippen LogP contribution is -2.32. The molecule has 1 aromatic carbocycles. The predicted octanol–water partition coefficient (Wildman–Crippen LogP) is 3.25. The van der Waals surface area contributed by atoms with E-state index in [1.54, 1.807) is 19.9 Å². The van der Waals surface area contributed by atoms with E-state index in [2.05, 4.69) is 10.4 Å². The summed E-state index contributed by atoms with van der Waals surface area (Å²) in [6, 6.07) is 5.32. The molecule has 6 nitrogen and oxygen atoms in total. The summed E-state index contributed by atoms with van der Waals surface area (Å²) in [6.07, 6.45) is 0.280. The molecule has 1 aliphatic carbocycles. The van der Waals surface area contributed by atoms with Crippen molar-refractivity contribution < 1.29 is 18.7 Å². The number of fused-ring (bicyclic) bond motifs is 1. The van der Waals surface area contributed by atoms with Gasteiger partial charge in [0.1, 0.15) is 17.2 Å². The largest absolute Gasteiger partial charge is 0.381 e. The number of nitrogens with one attached hydrogen (secondary N) is 1. The summed E-state index contributed by atoms with van der Waals surface area (Å²) >= 11 is 5.98. The van der Waals surface area contributed by atoms with Crippen LogP contribution in [0.1, 0.15) is 52.9 Å². The van der Waals surface area contributed by atoms with Crippen LogP contribution in [0.15, 0.2) is 24.3 Å². The van der Waals surface area contributed by atoms with Gasteiger partial charge in [0.05, 0.1) is 19.3 Å². The van der Waals surface area contributed by atoms with E-state index in [4.69, 9.17) is 16.3 Å².